The second kappa shape index (κ2) is 6.96. The Morgan fingerprint density at radius 1 is 1.37 bits per heavy atom. The minimum absolute atomic E-state index is 0.00486. The molecule has 162 valence electrons. The van der Waals surface area contributed by atoms with E-state index in [1.165, 1.54) is 11.0 Å². The zero-order valence-electron chi connectivity index (χ0n) is 17.8. The van der Waals surface area contributed by atoms with Crippen molar-refractivity contribution in [2.75, 3.05) is 6.54 Å². The van der Waals surface area contributed by atoms with E-state index < -0.39 is 17.2 Å². The van der Waals surface area contributed by atoms with E-state index in [2.05, 4.69) is 10.6 Å². The highest BCUT2D eigenvalue weighted by Crippen LogP contribution is 2.43. The fraction of sp³-hybridized carbons (Fsp3) is 0.591. The quantitative estimate of drug-likeness (QED) is 0.703. The Labute approximate surface area is 175 Å². The van der Waals surface area contributed by atoms with Crippen LogP contribution in [0.5, 0.6) is 5.75 Å². The predicted octanol–water partition coefficient (Wildman–Crippen LogP) is 2.72. The summed E-state index contributed by atoms with van der Waals surface area (Å²) in [6.07, 6.45) is 1.44. The average Bonchev–Trinajstić information content (AvgIpc) is 3.35. The lowest BCUT2D eigenvalue weighted by Crippen LogP contribution is -2.60. The molecule has 4 rings (SSSR count). The normalized spacial score (nSPS) is 28.8. The number of amides is 2. The number of nitrogens with zero attached hydrogens (tertiary/aromatic N) is 1. The maximum atomic E-state index is 14.5. The van der Waals surface area contributed by atoms with Crippen LogP contribution >= 0.6 is 0 Å². The lowest BCUT2D eigenvalue weighted by molar-refractivity contribution is -0.131. The van der Waals surface area contributed by atoms with E-state index in [-0.39, 0.29) is 35.4 Å². The third-order valence-electron chi connectivity index (χ3n) is 6.06. The van der Waals surface area contributed by atoms with Gasteiger partial charge >= 0.3 is 0 Å². The average molecular weight is 416 g/mol. The first kappa shape index (κ1) is 20.6. The SMILES string of the molecule is CC1(C)CC(=O)N(C[C@@H]2C[C@H]2C(=O)N[C@H]2CC(C)(C)Oc3cccc(F)c32)C(=N)N1. The number of benzene rings is 1. The van der Waals surface area contributed by atoms with Crippen LogP contribution in [0.15, 0.2) is 18.2 Å². The van der Waals surface area contributed by atoms with Crippen molar-refractivity contribution in [2.24, 2.45) is 11.8 Å². The molecule has 2 amide bonds. The topological polar surface area (TPSA) is 94.5 Å². The molecule has 1 aromatic rings. The molecule has 2 fully saturated rings. The number of rotatable bonds is 4. The molecule has 3 atom stereocenters. The predicted molar refractivity (Wildman–Crippen MR) is 109 cm³/mol. The lowest BCUT2D eigenvalue weighted by Gasteiger charge is -2.38. The number of carbonyl (C=O) groups is 2. The van der Waals surface area contributed by atoms with Gasteiger partial charge in [-0.1, -0.05) is 6.07 Å². The van der Waals surface area contributed by atoms with Crippen molar-refractivity contribution < 1.29 is 18.7 Å². The van der Waals surface area contributed by atoms with Gasteiger partial charge in [-0.05, 0) is 52.2 Å². The van der Waals surface area contributed by atoms with Crippen molar-refractivity contribution in [3.63, 3.8) is 0 Å². The van der Waals surface area contributed by atoms with Gasteiger partial charge in [0.05, 0.1) is 11.6 Å². The molecule has 7 nitrogen and oxygen atoms in total. The molecule has 1 aromatic carbocycles. The van der Waals surface area contributed by atoms with E-state index in [4.69, 9.17) is 10.1 Å². The molecule has 0 radical (unpaired) electrons. The number of hydrogen-bond acceptors (Lipinski definition) is 4. The Hall–Kier alpha value is -2.64. The molecule has 2 heterocycles. The molecular formula is C22H29FN4O3. The van der Waals surface area contributed by atoms with E-state index in [0.29, 0.717) is 37.1 Å². The molecule has 1 saturated heterocycles. The number of ether oxygens (including phenoxy) is 1. The highest BCUT2D eigenvalue weighted by atomic mass is 19.1. The molecule has 3 aliphatic rings. The van der Waals surface area contributed by atoms with E-state index in [1.807, 2.05) is 27.7 Å². The van der Waals surface area contributed by atoms with Crippen LogP contribution in [0.3, 0.4) is 0 Å². The minimum atomic E-state index is -0.518. The standard InChI is InChI=1S/C22H29FN4O3/c1-21(2)10-17(28)27(20(24)26-21)11-12-8-13(12)19(29)25-15-9-22(3,4)30-16-7-5-6-14(23)18(15)16/h5-7,12-13,15H,8-11H2,1-4H3,(H2,24,26)(H,25,29)/t12-,13+,15-/m0/s1. The summed E-state index contributed by atoms with van der Waals surface area (Å²) < 4.78 is 20.4. The molecule has 3 N–H and O–H groups in total. The molecule has 1 saturated carbocycles. The second-order valence-electron chi connectivity index (χ2n) is 9.92. The molecule has 8 heteroatoms. The van der Waals surface area contributed by atoms with Crippen molar-refractivity contribution in [2.45, 2.75) is 64.1 Å². The number of guanidine groups is 1. The van der Waals surface area contributed by atoms with Crippen LogP contribution in [0.4, 0.5) is 4.39 Å². The third-order valence-corrected chi connectivity index (χ3v) is 6.06. The van der Waals surface area contributed by atoms with E-state index in [1.54, 1.807) is 12.1 Å². The van der Waals surface area contributed by atoms with Crippen molar-refractivity contribution in [3.8, 4) is 5.75 Å². The molecule has 1 aliphatic carbocycles. The van der Waals surface area contributed by atoms with Crippen LogP contribution in [0.2, 0.25) is 0 Å². The van der Waals surface area contributed by atoms with Gasteiger partial charge < -0.3 is 15.4 Å². The Morgan fingerprint density at radius 2 is 2.10 bits per heavy atom. The van der Waals surface area contributed by atoms with Crippen molar-refractivity contribution in [3.05, 3.63) is 29.6 Å². The number of nitrogens with one attached hydrogen (secondary N) is 3. The number of hydrogen-bond donors (Lipinski definition) is 3. The number of fused-ring (bicyclic) bond motifs is 1. The summed E-state index contributed by atoms with van der Waals surface area (Å²) in [5.41, 5.74) is -0.560. The smallest absolute Gasteiger partial charge is 0.231 e. The van der Waals surface area contributed by atoms with Gasteiger partial charge in [-0.15, -0.1) is 0 Å². The Kier molecular flexibility index (Phi) is 4.78. The maximum absolute atomic E-state index is 14.5. The van der Waals surface area contributed by atoms with Gasteiger partial charge in [-0.3, -0.25) is 19.9 Å². The highest BCUT2D eigenvalue weighted by molar-refractivity contribution is 5.99. The summed E-state index contributed by atoms with van der Waals surface area (Å²) in [4.78, 5) is 26.7. The summed E-state index contributed by atoms with van der Waals surface area (Å²) >= 11 is 0. The van der Waals surface area contributed by atoms with Gasteiger partial charge in [0.25, 0.3) is 0 Å². The van der Waals surface area contributed by atoms with Crippen LogP contribution < -0.4 is 15.4 Å². The molecule has 0 aromatic heterocycles. The number of halogens is 1. The largest absolute Gasteiger partial charge is 0.487 e. The Balaban J connectivity index is 1.41. The molecule has 0 spiro atoms. The zero-order chi connectivity index (χ0) is 21.8. The van der Waals surface area contributed by atoms with Crippen LogP contribution in [0, 0.1) is 23.1 Å². The summed E-state index contributed by atoms with van der Waals surface area (Å²) in [6, 6.07) is 4.24. The fourth-order valence-electron chi connectivity index (χ4n) is 4.51. The van der Waals surface area contributed by atoms with Gasteiger partial charge in [0.2, 0.25) is 11.8 Å². The molecule has 2 aliphatic heterocycles. The van der Waals surface area contributed by atoms with Crippen LogP contribution in [-0.4, -0.2) is 40.4 Å². The monoisotopic (exact) mass is 416 g/mol. The first-order valence-corrected chi connectivity index (χ1v) is 10.4. The van der Waals surface area contributed by atoms with E-state index >= 15 is 0 Å². The van der Waals surface area contributed by atoms with Crippen LogP contribution in [0.1, 0.15) is 58.6 Å². The first-order chi connectivity index (χ1) is 14.0. The van der Waals surface area contributed by atoms with Gasteiger partial charge in [-0.2, -0.15) is 0 Å². The minimum Gasteiger partial charge on any atom is -0.487 e. The van der Waals surface area contributed by atoms with Gasteiger partial charge in [-0.25, -0.2) is 4.39 Å². The fourth-order valence-corrected chi connectivity index (χ4v) is 4.51. The Morgan fingerprint density at radius 3 is 2.80 bits per heavy atom. The maximum Gasteiger partial charge on any atom is 0.231 e. The zero-order valence-corrected chi connectivity index (χ0v) is 17.8. The van der Waals surface area contributed by atoms with E-state index in [9.17, 15) is 14.0 Å². The molecular weight excluding hydrogens is 387 g/mol. The van der Waals surface area contributed by atoms with Crippen molar-refractivity contribution >= 4 is 17.8 Å². The van der Waals surface area contributed by atoms with Crippen LogP contribution in [0.25, 0.3) is 0 Å². The number of carbonyl (C=O) groups excluding carboxylic acids is 2. The van der Waals surface area contributed by atoms with Crippen molar-refractivity contribution in [1.29, 1.82) is 5.41 Å². The summed E-state index contributed by atoms with van der Waals surface area (Å²) in [6.45, 7) is 7.96. The molecule has 0 unspecified atom stereocenters. The molecule has 0 bridgehead atoms. The Bertz CT molecular complexity index is 894. The van der Waals surface area contributed by atoms with Gasteiger partial charge in [0, 0.05) is 30.8 Å². The third kappa shape index (κ3) is 4.00. The lowest BCUT2D eigenvalue weighted by atomic mass is 9.89. The van der Waals surface area contributed by atoms with Crippen molar-refractivity contribution in [1.82, 2.24) is 15.5 Å². The van der Waals surface area contributed by atoms with E-state index in [0.717, 1.165) is 0 Å². The first-order valence-electron chi connectivity index (χ1n) is 10.4. The van der Waals surface area contributed by atoms with Crippen LogP contribution in [-0.2, 0) is 9.59 Å². The van der Waals surface area contributed by atoms with Gasteiger partial charge in [0.1, 0.15) is 17.2 Å². The summed E-state index contributed by atoms with van der Waals surface area (Å²) in [5, 5.41) is 14.2. The summed E-state index contributed by atoms with van der Waals surface area (Å²) in [5.74, 6) is -0.304. The molecule has 30 heavy (non-hydrogen) atoms. The highest BCUT2D eigenvalue weighted by Gasteiger charge is 2.48. The van der Waals surface area contributed by atoms with Gasteiger partial charge in [0.15, 0.2) is 5.96 Å². The summed E-state index contributed by atoms with van der Waals surface area (Å²) in [7, 11) is 0. The second-order valence-corrected chi connectivity index (χ2v) is 9.92.